The van der Waals surface area contributed by atoms with E-state index in [0.29, 0.717) is 34.8 Å². The van der Waals surface area contributed by atoms with Crippen molar-refractivity contribution in [1.82, 2.24) is 14.7 Å². The standard InChI is InChI=1S/C15H13N3O3S/c19-14-11-9-18(15(22)17-5-7-20-8-6-17)16-13(11)10-3-1-2-4-12(10)21-14/h1-4,9H,5-8H2. The molecule has 2 aromatic heterocycles. The summed E-state index contributed by atoms with van der Waals surface area (Å²) in [7, 11) is 0. The zero-order chi connectivity index (χ0) is 15.1. The third kappa shape index (κ3) is 2.10. The van der Waals surface area contributed by atoms with E-state index in [1.54, 1.807) is 16.9 Å². The number of rotatable bonds is 0. The van der Waals surface area contributed by atoms with Gasteiger partial charge in [0, 0.05) is 24.7 Å². The lowest BCUT2D eigenvalue weighted by molar-refractivity contribution is 0.0676. The van der Waals surface area contributed by atoms with Gasteiger partial charge in [0.1, 0.15) is 16.5 Å². The molecule has 0 radical (unpaired) electrons. The van der Waals surface area contributed by atoms with Gasteiger partial charge >= 0.3 is 5.63 Å². The Morgan fingerprint density at radius 1 is 1.18 bits per heavy atom. The topological polar surface area (TPSA) is 60.5 Å². The van der Waals surface area contributed by atoms with Crippen molar-refractivity contribution in [2.75, 3.05) is 26.3 Å². The fourth-order valence-electron chi connectivity index (χ4n) is 2.63. The first-order chi connectivity index (χ1) is 10.7. The van der Waals surface area contributed by atoms with Crippen LogP contribution in [0.2, 0.25) is 0 Å². The van der Waals surface area contributed by atoms with Crippen LogP contribution in [0, 0.1) is 0 Å². The Morgan fingerprint density at radius 3 is 2.77 bits per heavy atom. The largest absolute Gasteiger partial charge is 0.422 e. The highest BCUT2D eigenvalue weighted by Gasteiger charge is 2.18. The molecule has 0 atom stereocenters. The van der Waals surface area contributed by atoms with Gasteiger partial charge in [-0.3, -0.25) is 0 Å². The molecule has 3 aromatic rings. The highest BCUT2D eigenvalue weighted by atomic mass is 32.1. The normalized spacial score (nSPS) is 15.5. The van der Waals surface area contributed by atoms with Crippen molar-refractivity contribution >= 4 is 39.2 Å². The lowest BCUT2D eigenvalue weighted by atomic mass is 10.2. The number of thiocarbonyl (C=S) groups is 1. The first-order valence-corrected chi connectivity index (χ1v) is 7.43. The number of fused-ring (bicyclic) bond motifs is 3. The molecule has 0 unspecified atom stereocenters. The number of hydrogen-bond donors (Lipinski definition) is 0. The van der Waals surface area contributed by atoms with Crippen LogP contribution in [0.15, 0.2) is 39.7 Å². The van der Waals surface area contributed by atoms with E-state index in [2.05, 4.69) is 5.10 Å². The minimum absolute atomic E-state index is 0.398. The Kier molecular flexibility index (Phi) is 3.16. The fraction of sp³-hybridized carbons (Fsp3) is 0.267. The number of aromatic nitrogens is 2. The highest BCUT2D eigenvalue weighted by Crippen LogP contribution is 2.21. The van der Waals surface area contributed by atoms with Crippen molar-refractivity contribution < 1.29 is 9.15 Å². The van der Waals surface area contributed by atoms with Gasteiger partial charge in [0.05, 0.1) is 13.2 Å². The molecular weight excluding hydrogens is 302 g/mol. The van der Waals surface area contributed by atoms with Crippen molar-refractivity contribution in [3.05, 3.63) is 40.9 Å². The Morgan fingerprint density at radius 2 is 1.95 bits per heavy atom. The third-order valence-electron chi connectivity index (χ3n) is 3.76. The second-order valence-corrected chi connectivity index (χ2v) is 5.47. The van der Waals surface area contributed by atoms with Gasteiger partial charge in [-0.15, -0.1) is 0 Å². The molecule has 1 aliphatic rings. The number of ether oxygens (including phenoxy) is 1. The van der Waals surface area contributed by atoms with Gasteiger partial charge in [-0.2, -0.15) is 5.10 Å². The molecule has 3 heterocycles. The summed E-state index contributed by atoms with van der Waals surface area (Å²) in [5.74, 6) is 0. The summed E-state index contributed by atoms with van der Waals surface area (Å²) in [6, 6.07) is 7.36. The summed E-state index contributed by atoms with van der Waals surface area (Å²) in [5.41, 5.74) is 0.745. The van der Waals surface area contributed by atoms with Crippen LogP contribution in [-0.2, 0) is 4.74 Å². The molecule has 0 saturated carbocycles. The van der Waals surface area contributed by atoms with Crippen LogP contribution in [0.3, 0.4) is 0 Å². The van der Waals surface area contributed by atoms with Crippen molar-refractivity contribution in [2.45, 2.75) is 0 Å². The van der Waals surface area contributed by atoms with Gasteiger partial charge in [-0.25, -0.2) is 9.48 Å². The van der Waals surface area contributed by atoms with E-state index in [1.165, 1.54) is 0 Å². The summed E-state index contributed by atoms with van der Waals surface area (Å²) in [4.78, 5) is 14.1. The monoisotopic (exact) mass is 315 g/mol. The molecule has 0 amide bonds. The van der Waals surface area contributed by atoms with Gasteiger partial charge in [0.2, 0.25) is 0 Å². The van der Waals surface area contributed by atoms with E-state index in [1.807, 2.05) is 23.1 Å². The zero-order valence-electron chi connectivity index (χ0n) is 11.7. The van der Waals surface area contributed by atoms with Crippen LogP contribution < -0.4 is 5.63 Å². The van der Waals surface area contributed by atoms with E-state index in [-0.39, 0.29) is 0 Å². The molecule has 0 aliphatic carbocycles. The average molecular weight is 315 g/mol. The Bertz CT molecular complexity index is 925. The van der Waals surface area contributed by atoms with Gasteiger partial charge in [-0.1, -0.05) is 12.1 Å². The Balaban J connectivity index is 1.86. The predicted octanol–water partition coefficient (Wildman–Crippen LogP) is 1.61. The molecule has 22 heavy (non-hydrogen) atoms. The molecule has 1 fully saturated rings. The van der Waals surface area contributed by atoms with Crippen LogP contribution in [0.4, 0.5) is 0 Å². The lowest BCUT2D eigenvalue weighted by Gasteiger charge is -2.28. The Hall–Kier alpha value is -2.25. The van der Waals surface area contributed by atoms with E-state index in [0.717, 1.165) is 18.5 Å². The van der Waals surface area contributed by atoms with Crippen LogP contribution in [0.25, 0.3) is 21.9 Å². The van der Waals surface area contributed by atoms with E-state index in [4.69, 9.17) is 21.4 Å². The number of nitrogens with zero attached hydrogens (tertiary/aromatic N) is 3. The summed E-state index contributed by atoms with van der Waals surface area (Å²) in [6.07, 6.45) is 1.64. The van der Waals surface area contributed by atoms with E-state index in [9.17, 15) is 4.79 Å². The summed E-state index contributed by atoms with van der Waals surface area (Å²) >= 11 is 5.49. The minimum atomic E-state index is -0.398. The van der Waals surface area contributed by atoms with Crippen LogP contribution in [-0.4, -0.2) is 46.1 Å². The molecular formula is C15H13N3O3S. The zero-order valence-corrected chi connectivity index (χ0v) is 12.5. The maximum atomic E-state index is 12.1. The van der Waals surface area contributed by atoms with Crippen LogP contribution in [0.1, 0.15) is 0 Å². The van der Waals surface area contributed by atoms with Gasteiger partial charge in [-0.05, 0) is 24.4 Å². The molecule has 112 valence electrons. The smallest absolute Gasteiger partial charge is 0.347 e. The van der Waals surface area contributed by atoms with Crippen molar-refractivity contribution in [3.8, 4) is 0 Å². The maximum absolute atomic E-state index is 12.1. The van der Waals surface area contributed by atoms with Crippen LogP contribution >= 0.6 is 12.2 Å². The van der Waals surface area contributed by atoms with Gasteiger partial charge in [0.25, 0.3) is 0 Å². The minimum Gasteiger partial charge on any atom is -0.422 e. The van der Waals surface area contributed by atoms with Crippen LogP contribution in [0.5, 0.6) is 0 Å². The average Bonchev–Trinajstić information content (AvgIpc) is 3.01. The SMILES string of the molecule is O=c1oc2ccccc2c2nn(C(=S)N3CCOCC3)cc12. The quantitative estimate of drug-likeness (QED) is 0.464. The second-order valence-electron chi connectivity index (χ2n) is 5.10. The van der Waals surface area contributed by atoms with Gasteiger partial charge in [0.15, 0.2) is 5.11 Å². The first-order valence-electron chi connectivity index (χ1n) is 7.02. The molecule has 7 heteroatoms. The van der Waals surface area contributed by atoms with Gasteiger partial charge < -0.3 is 14.1 Å². The number of morpholine rings is 1. The van der Waals surface area contributed by atoms with E-state index < -0.39 is 5.63 Å². The summed E-state index contributed by atoms with van der Waals surface area (Å²) in [5, 5.41) is 6.33. The molecule has 6 nitrogen and oxygen atoms in total. The van der Waals surface area contributed by atoms with Crippen molar-refractivity contribution in [2.24, 2.45) is 0 Å². The fourth-order valence-corrected chi connectivity index (χ4v) is 2.90. The highest BCUT2D eigenvalue weighted by molar-refractivity contribution is 7.80. The molecule has 1 aromatic carbocycles. The summed E-state index contributed by atoms with van der Waals surface area (Å²) in [6.45, 7) is 2.74. The molecule has 0 bridgehead atoms. The first kappa shape index (κ1) is 13.4. The molecule has 1 aliphatic heterocycles. The Labute approximate surface area is 130 Å². The molecule has 4 rings (SSSR count). The van der Waals surface area contributed by atoms with Crippen molar-refractivity contribution in [1.29, 1.82) is 0 Å². The van der Waals surface area contributed by atoms with Crippen molar-refractivity contribution in [3.63, 3.8) is 0 Å². The summed E-state index contributed by atoms with van der Waals surface area (Å²) < 4.78 is 12.2. The molecule has 1 saturated heterocycles. The molecule has 0 N–H and O–H groups in total. The number of hydrogen-bond acceptors (Lipinski definition) is 5. The maximum Gasteiger partial charge on any atom is 0.347 e. The lowest BCUT2D eigenvalue weighted by Crippen LogP contribution is -2.42. The second kappa shape index (κ2) is 5.19. The van der Waals surface area contributed by atoms with E-state index >= 15 is 0 Å². The number of para-hydroxylation sites is 1. The third-order valence-corrected chi connectivity index (χ3v) is 4.20. The predicted molar refractivity (Wildman–Crippen MR) is 86.2 cm³/mol. The molecule has 0 spiro atoms. The number of benzene rings is 1.